The van der Waals surface area contributed by atoms with Crippen molar-refractivity contribution in [3.05, 3.63) is 64.4 Å². The van der Waals surface area contributed by atoms with Gasteiger partial charge in [-0.3, -0.25) is 4.79 Å². The summed E-state index contributed by atoms with van der Waals surface area (Å²) < 4.78 is 8.23. The van der Waals surface area contributed by atoms with E-state index in [1.807, 2.05) is 12.1 Å². The average molecular weight is 414 g/mol. The molecular weight excluding hydrogens is 396 g/mol. The number of benzene rings is 1. The minimum atomic E-state index is -0.281. The smallest absolute Gasteiger partial charge is 0.279 e. The average Bonchev–Trinajstić information content (AvgIpc) is 3.20. The zero-order valence-corrected chi connectivity index (χ0v) is 16.7. The summed E-state index contributed by atoms with van der Waals surface area (Å²) in [7, 11) is 1.60. The molecule has 3 aromatic heterocycles. The minimum Gasteiger partial charge on any atom is -0.371 e. The highest BCUT2D eigenvalue weighted by Crippen LogP contribution is 2.57. The van der Waals surface area contributed by atoms with E-state index in [1.165, 1.54) is 21.3 Å². The minimum absolute atomic E-state index is 0.102. The molecule has 4 heterocycles. The van der Waals surface area contributed by atoms with Crippen molar-refractivity contribution in [2.45, 2.75) is 12.5 Å². The summed E-state index contributed by atoms with van der Waals surface area (Å²) >= 11 is 0. The van der Waals surface area contributed by atoms with Crippen LogP contribution in [0.15, 0.2) is 46.0 Å². The molecule has 4 aromatic rings. The first-order chi connectivity index (χ1) is 15.1. The Bertz CT molecular complexity index is 1380. The lowest BCUT2D eigenvalue weighted by Crippen LogP contribution is -2.23. The molecule has 0 N–H and O–H groups in total. The molecule has 2 aliphatic rings. The van der Waals surface area contributed by atoms with E-state index in [4.69, 9.17) is 4.52 Å². The Kier molecular flexibility index (Phi) is 3.74. The summed E-state index contributed by atoms with van der Waals surface area (Å²) in [5.41, 5.74) is 1.60. The molecular formula is C21H18N8O2. The van der Waals surface area contributed by atoms with Gasteiger partial charge in [0.25, 0.3) is 5.56 Å². The SMILES string of the molecule is Cn1cnc2c(C#N)nn(Cc3nc(C4C5CN(c6ccccc6)CC54)no3)c2c1=O. The molecule has 0 radical (unpaired) electrons. The maximum Gasteiger partial charge on any atom is 0.279 e. The highest BCUT2D eigenvalue weighted by Gasteiger charge is 2.58. The van der Waals surface area contributed by atoms with Crippen molar-refractivity contribution in [2.24, 2.45) is 18.9 Å². The third kappa shape index (κ3) is 2.73. The van der Waals surface area contributed by atoms with E-state index in [1.54, 1.807) is 7.05 Å². The van der Waals surface area contributed by atoms with Gasteiger partial charge in [-0.2, -0.15) is 15.3 Å². The molecule has 2 fully saturated rings. The lowest BCUT2D eigenvalue weighted by Gasteiger charge is -2.21. The molecule has 1 aliphatic carbocycles. The number of para-hydroxylation sites is 1. The quantitative estimate of drug-likeness (QED) is 0.490. The Morgan fingerprint density at radius 1 is 1.23 bits per heavy atom. The van der Waals surface area contributed by atoms with Crippen molar-refractivity contribution < 1.29 is 4.52 Å². The van der Waals surface area contributed by atoms with Crippen LogP contribution >= 0.6 is 0 Å². The molecule has 154 valence electrons. The van der Waals surface area contributed by atoms with E-state index in [2.05, 4.69) is 49.4 Å². The monoisotopic (exact) mass is 414 g/mol. The predicted molar refractivity (Wildman–Crippen MR) is 109 cm³/mol. The first-order valence-electron chi connectivity index (χ1n) is 10.1. The van der Waals surface area contributed by atoms with Crippen molar-refractivity contribution in [2.75, 3.05) is 18.0 Å². The summed E-state index contributed by atoms with van der Waals surface area (Å²) in [6.07, 6.45) is 1.38. The van der Waals surface area contributed by atoms with Gasteiger partial charge in [0.1, 0.15) is 18.1 Å². The summed E-state index contributed by atoms with van der Waals surface area (Å²) in [6.45, 7) is 2.09. The van der Waals surface area contributed by atoms with Gasteiger partial charge in [-0.25, -0.2) is 9.67 Å². The predicted octanol–water partition coefficient (Wildman–Crippen LogP) is 1.28. The molecule has 6 rings (SSSR count). The van der Waals surface area contributed by atoms with E-state index in [9.17, 15) is 10.1 Å². The van der Waals surface area contributed by atoms with Crippen LogP contribution in [0.4, 0.5) is 5.69 Å². The van der Waals surface area contributed by atoms with E-state index in [0.29, 0.717) is 29.5 Å². The van der Waals surface area contributed by atoms with Gasteiger partial charge in [-0.1, -0.05) is 23.4 Å². The van der Waals surface area contributed by atoms with E-state index >= 15 is 0 Å². The topological polar surface area (TPSA) is 119 Å². The van der Waals surface area contributed by atoms with Crippen LogP contribution < -0.4 is 10.5 Å². The number of piperidine rings is 1. The van der Waals surface area contributed by atoms with Crippen LogP contribution in [0.3, 0.4) is 0 Å². The van der Waals surface area contributed by atoms with Gasteiger partial charge in [0.15, 0.2) is 17.0 Å². The summed E-state index contributed by atoms with van der Waals surface area (Å²) in [6, 6.07) is 12.4. The van der Waals surface area contributed by atoms with E-state index < -0.39 is 0 Å². The van der Waals surface area contributed by atoms with E-state index in [0.717, 1.165) is 13.1 Å². The fourth-order valence-electron chi connectivity index (χ4n) is 4.69. The second-order valence-corrected chi connectivity index (χ2v) is 8.12. The molecule has 1 saturated heterocycles. The number of hydrogen-bond acceptors (Lipinski definition) is 8. The Balaban J connectivity index is 1.22. The Labute approximate surface area is 176 Å². The van der Waals surface area contributed by atoms with Gasteiger partial charge < -0.3 is 14.0 Å². The maximum absolute atomic E-state index is 12.6. The standard InChI is InChI=1S/C21H18N8O2/c1-27-11-23-18-15(7-22)25-29(19(18)21(27)30)10-16-24-20(26-31-16)17-13-8-28(9-14(13)17)12-5-3-2-4-6-12/h2-6,11,13-14,17H,8-10H2,1H3. The molecule has 1 aliphatic heterocycles. The Hall–Kier alpha value is -4.00. The van der Waals surface area contributed by atoms with Gasteiger partial charge in [0.2, 0.25) is 5.89 Å². The largest absolute Gasteiger partial charge is 0.371 e. The fourth-order valence-corrected chi connectivity index (χ4v) is 4.69. The number of nitriles is 1. The molecule has 10 nitrogen and oxygen atoms in total. The van der Waals surface area contributed by atoms with Crippen LogP contribution in [-0.4, -0.2) is 42.6 Å². The lowest BCUT2D eigenvalue weighted by molar-refractivity contribution is 0.362. The number of nitrogens with zero attached hydrogens (tertiary/aromatic N) is 8. The van der Waals surface area contributed by atoms with Crippen LogP contribution in [0, 0.1) is 23.2 Å². The second-order valence-electron chi connectivity index (χ2n) is 8.12. The molecule has 0 amide bonds. The highest BCUT2D eigenvalue weighted by atomic mass is 16.5. The summed E-state index contributed by atoms with van der Waals surface area (Å²) in [5, 5.41) is 17.7. The number of hydrogen-bond donors (Lipinski definition) is 0. The van der Waals surface area contributed by atoms with Gasteiger partial charge >= 0.3 is 0 Å². The molecule has 1 aromatic carbocycles. The van der Waals surface area contributed by atoms with Crippen LogP contribution in [0.2, 0.25) is 0 Å². The van der Waals surface area contributed by atoms with Crippen molar-refractivity contribution >= 4 is 16.7 Å². The first-order valence-corrected chi connectivity index (χ1v) is 10.1. The molecule has 0 bridgehead atoms. The molecule has 2 unspecified atom stereocenters. The highest BCUT2D eigenvalue weighted by molar-refractivity contribution is 5.78. The van der Waals surface area contributed by atoms with Crippen molar-refractivity contribution in [3.8, 4) is 6.07 Å². The van der Waals surface area contributed by atoms with Gasteiger partial charge in [-0.15, -0.1) is 0 Å². The molecule has 10 heteroatoms. The molecule has 31 heavy (non-hydrogen) atoms. The zero-order chi connectivity index (χ0) is 21.1. The number of aryl methyl sites for hydroxylation is 1. The molecule has 2 atom stereocenters. The van der Waals surface area contributed by atoms with Crippen molar-refractivity contribution in [3.63, 3.8) is 0 Å². The fraction of sp³-hybridized carbons (Fsp3) is 0.333. The van der Waals surface area contributed by atoms with Gasteiger partial charge in [0.05, 0.1) is 6.33 Å². The third-order valence-electron chi connectivity index (χ3n) is 6.30. The molecule has 1 saturated carbocycles. The van der Waals surface area contributed by atoms with Crippen LogP contribution in [0.5, 0.6) is 0 Å². The molecule has 0 spiro atoms. The van der Waals surface area contributed by atoms with Crippen LogP contribution in [0.25, 0.3) is 11.0 Å². The Morgan fingerprint density at radius 3 is 2.74 bits per heavy atom. The lowest BCUT2D eigenvalue weighted by atomic mass is 10.2. The number of rotatable bonds is 4. The summed E-state index contributed by atoms with van der Waals surface area (Å²) in [4.78, 5) is 23.7. The second kappa shape index (κ2) is 6.50. The maximum atomic E-state index is 12.6. The van der Waals surface area contributed by atoms with Crippen LogP contribution in [-0.2, 0) is 13.6 Å². The number of anilines is 1. The van der Waals surface area contributed by atoms with Gasteiger partial charge in [0, 0.05) is 31.7 Å². The first kappa shape index (κ1) is 17.8. The summed E-state index contributed by atoms with van der Waals surface area (Å²) in [5.74, 6) is 2.42. The Morgan fingerprint density at radius 2 is 2.00 bits per heavy atom. The van der Waals surface area contributed by atoms with Crippen LogP contribution in [0.1, 0.15) is 23.3 Å². The van der Waals surface area contributed by atoms with Crippen molar-refractivity contribution in [1.29, 1.82) is 5.26 Å². The van der Waals surface area contributed by atoms with Crippen molar-refractivity contribution in [1.82, 2.24) is 29.5 Å². The normalized spacial score (nSPS) is 21.9. The number of aromatic nitrogens is 6. The van der Waals surface area contributed by atoms with Gasteiger partial charge in [-0.05, 0) is 24.0 Å². The third-order valence-corrected chi connectivity index (χ3v) is 6.30. The number of fused-ring (bicyclic) bond motifs is 2. The zero-order valence-electron chi connectivity index (χ0n) is 16.7. The van der Waals surface area contributed by atoms with E-state index in [-0.39, 0.29) is 28.8 Å².